The Morgan fingerprint density at radius 2 is 1.66 bits per heavy atom. The molecule has 150 valence electrons. The molecule has 0 radical (unpaired) electrons. The third-order valence-corrected chi connectivity index (χ3v) is 5.49. The van der Waals surface area contributed by atoms with Crippen molar-refractivity contribution in [2.45, 2.75) is 37.8 Å². The molecular weight excluding hydrogens is 396 g/mol. The van der Waals surface area contributed by atoms with Crippen LogP contribution in [0, 0.1) is 11.6 Å². The van der Waals surface area contributed by atoms with Crippen LogP contribution in [0.2, 0.25) is 5.02 Å². The molecule has 1 aliphatic carbocycles. The van der Waals surface area contributed by atoms with Crippen LogP contribution < -0.4 is 10.6 Å². The Bertz CT molecular complexity index is 1030. The van der Waals surface area contributed by atoms with Crippen molar-refractivity contribution in [1.82, 2.24) is 10.3 Å². The molecular formula is C22H20ClF2N3O. The molecule has 0 spiro atoms. The SMILES string of the molecule is O=C(NC1CCC(Nc2ccnc3cc(Cl)ccc23)CC1)c1cc(F)cc(F)c1. The van der Waals surface area contributed by atoms with E-state index in [1.165, 1.54) is 0 Å². The zero-order valence-electron chi connectivity index (χ0n) is 15.6. The fraction of sp³-hybridized carbons (Fsp3) is 0.273. The van der Waals surface area contributed by atoms with Crippen LogP contribution in [0.15, 0.2) is 48.7 Å². The van der Waals surface area contributed by atoms with Crippen molar-refractivity contribution in [1.29, 1.82) is 0 Å². The summed E-state index contributed by atoms with van der Waals surface area (Å²) in [5.41, 5.74) is 1.85. The van der Waals surface area contributed by atoms with Gasteiger partial charge in [-0.2, -0.15) is 0 Å². The summed E-state index contributed by atoms with van der Waals surface area (Å²) in [5, 5.41) is 8.12. The first kappa shape index (κ1) is 19.6. The minimum Gasteiger partial charge on any atom is -0.382 e. The third-order valence-electron chi connectivity index (χ3n) is 5.25. The number of amides is 1. The second-order valence-corrected chi connectivity index (χ2v) is 7.78. The van der Waals surface area contributed by atoms with E-state index in [0.29, 0.717) is 5.02 Å². The molecule has 2 aromatic carbocycles. The van der Waals surface area contributed by atoms with Crippen LogP contribution in [0.3, 0.4) is 0 Å². The Balaban J connectivity index is 1.36. The molecule has 1 aliphatic rings. The molecule has 7 heteroatoms. The van der Waals surface area contributed by atoms with E-state index in [0.717, 1.165) is 60.5 Å². The van der Waals surface area contributed by atoms with E-state index in [-0.39, 0.29) is 17.6 Å². The highest BCUT2D eigenvalue weighted by Gasteiger charge is 2.23. The quantitative estimate of drug-likeness (QED) is 0.606. The van der Waals surface area contributed by atoms with Crippen LogP contribution in [0.1, 0.15) is 36.0 Å². The minimum atomic E-state index is -0.756. The number of carbonyl (C=O) groups excluding carboxylic acids is 1. The summed E-state index contributed by atoms with van der Waals surface area (Å²) in [7, 11) is 0. The number of hydrogen-bond acceptors (Lipinski definition) is 3. The van der Waals surface area contributed by atoms with Gasteiger partial charge >= 0.3 is 0 Å². The smallest absolute Gasteiger partial charge is 0.251 e. The molecule has 4 rings (SSSR count). The number of halogens is 3. The second-order valence-electron chi connectivity index (χ2n) is 7.34. The third kappa shape index (κ3) is 4.65. The van der Waals surface area contributed by atoms with Crippen LogP contribution in [0.4, 0.5) is 14.5 Å². The monoisotopic (exact) mass is 415 g/mol. The predicted octanol–water partition coefficient (Wildman–Crippen LogP) is 5.32. The van der Waals surface area contributed by atoms with Gasteiger partial charge in [-0.1, -0.05) is 11.6 Å². The number of hydrogen-bond donors (Lipinski definition) is 2. The van der Waals surface area contributed by atoms with Crippen molar-refractivity contribution in [3.8, 4) is 0 Å². The molecule has 1 aromatic heterocycles. The lowest BCUT2D eigenvalue weighted by Gasteiger charge is -2.30. The van der Waals surface area contributed by atoms with Gasteiger partial charge in [-0.25, -0.2) is 8.78 Å². The molecule has 1 heterocycles. The van der Waals surface area contributed by atoms with E-state index in [2.05, 4.69) is 15.6 Å². The van der Waals surface area contributed by atoms with Crippen molar-refractivity contribution in [2.24, 2.45) is 0 Å². The molecule has 0 saturated heterocycles. The van der Waals surface area contributed by atoms with E-state index in [1.54, 1.807) is 6.20 Å². The van der Waals surface area contributed by atoms with Gasteiger partial charge in [-0.05, 0) is 62.1 Å². The van der Waals surface area contributed by atoms with Gasteiger partial charge in [0.1, 0.15) is 11.6 Å². The van der Waals surface area contributed by atoms with Gasteiger partial charge < -0.3 is 10.6 Å². The number of aromatic nitrogens is 1. The summed E-state index contributed by atoms with van der Waals surface area (Å²) >= 11 is 6.05. The highest BCUT2D eigenvalue weighted by molar-refractivity contribution is 6.31. The fourth-order valence-corrected chi connectivity index (χ4v) is 3.97. The molecule has 3 aromatic rings. The summed E-state index contributed by atoms with van der Waals surface area (Å²) in [6, 6.07) is 10.7. The predicted molar refractivity (Wildman–Crippen MR) is 110 cm³/mol. The van der Waals surface area contributed by atoms with Gasteiger partial charge in [0.2, 0.25) is 0 Å². The van der Waals surface area contributed by atoms with E-state index in [4.69, 9.17) is 11.6 Å². The minimum absolute atomic E-state index is 0.00432. The molecule has 1 amide bonds. The zero-order chi connectivity index (χ0) is 20.4. The maximum absolute atomic E-state index is 13.3. The molecule has 1 saturated carbocycles. The Morgan fingerprint density at radius 3 is 2.38 bits per heavy atom. The largest absolute Gasteiger partial charge is 0.382 e. The maximum atomic E-state index is 13.3. The number of rotatable bonds is 4. The van der Waals surface area contributed by atoms with Crippen LogP contribution >= 0.6 is 11.6 Å². The van der Waals surface area contributed by atoms with Gasteiger partial charge in [0.15, 0.2) is 0 Å². The lowest BCUT2D eigenvalue weighted by molar-refractivity contribution is 0.0925. The Labute approximate surface area is 172 Å². The van der Waals surface area contributed by atoms with E-state index in [1.807, 2.05) is 24.3 Å². The summed E-state index contributed by atoms with van der Waals surface area (Å²) in [4.78, 5) is 16.6. The number of nitrogens with zero attached hydrogens (tertiary/aromatic N) is 1. The van der Waals surface area contributed by atoms with Crippen molar-refractivity contribution in [3.05, 3.63) is 70.9 Å². The summed E-state index contributed by atoms with van der Waals surface area (Å²) in [6.45, 7) is 0. The normalized spacial score (nSPS) is 19.1. The standard InChI is InChI=1S/C22H20ClF2N3O/c23-14-1-6-19-20(7-8-26-21(19)11-14)27-17-2-4-18(5-3-17)28-22(29)13-9-15(24)12-16(25)10-13/h1,6-12,17-18H,2-5H2,(H,26,27)(H,28,29). The molecule has 0 aliphatic heterocycles. The maximum Gasteiger partial charge on any atom is 0.251 e. The van der Waals surface area contributed by atoms with Crippen LogP contribution in [-0.2, 0) is 0 Å². The molecule has 0 atom stereocenters. The number of benzene rings is 2. The van der Waals surface area contributed by atoms with Gasteiger partial charge in [0.05, 0.1) is 5.52 Å². The van der Waals surface area contributed by atoms with Crippen molar-refractivity contribution in [3.63, 3.8) is 0 Å². The molecule has 1 fully saturated rings. The summed E-state index contributed by atoms with van der Waals surface area (Å²) < 4.78 is 26.6. The van der Waals surface area contributed by atoms with Gasteiger partial charge in [-0.15, -0.1) is 0 Å². The topological polar surface area (TPSA) is 54.0 Å². The van der Waals surface area contributed by atoms with Crippen molar-refractivity contribution < 1.29 is 13.6 Å². The Hall–Kier alpha value is -2.73. The molecule has 29 heavy (non-hydrogen) atoms. The first-order valence-electron chi connectivity index (χ1n) is 9.56. The van der Waals surface area contributed by atoms with Crippen molar-refractivity contribution in [2.75, 3.05) is 5.32 Å². The first-order valence-corrected chi connectivity index (χ1v) is 9.93. The number of nitrogens with one attached hydrogen (secondary N) is 2. The van der Waals surface area contributed by atoms with Crippen LogP contribution in [0.5, 0.6) is 0 Å². The highest BCUT2D eigenvalue weighted by Crippen LogP contribution is 2.28. The lowest BCUT2D eigenvalue weighted by Crippen LogP contribution is -2.40. The fourth-order valence-electron chi connectivity index (χ4n) is 3.80. The number of fused-ring (bicyclic) bond motifs is 1. The lowest BCUT2D eigenvalue weighted by atomic mass is 9.90. The second kappa shape index (κ2) is 8.33. The highest BCUT2D eigenvalue weighted by atomic mass is 35.5. The average Bonchev–Trinajstić information content (AvgIpc) is 2.68. The van der Waals surface area contributed by atoms with Gasteiger partial charge in [0, 0.05) is 46.0 Å². The summed E-state index contributed by atoms with van der Waals surface area (Å²) in [6.07, 6.45) is 5.08. The molecule has 4 nitrogen and oxygen atoms in total. The van der Waals surface area contributed by atoms with E-state index >= 15 is 0 Å². The van der Waals surface area contributed by atoms with E-state index < -0.39 is 17.5 Å². The number of anilines is 1. The van der Waals surface area contributed by atoms with Gasteiger partial charge in [0.25, 0.3) is 5.91 Å². The van der Waals surface area contributed by atoms with E-state index in [9.17, 15) is 13.6 Å². The molecule has 0 bridgehead atoms. The van der Waals surface area contributed by atoms with Crippen LogP contribution in [0.25, 0.3) is 10.9 Å². The average molecular weight is 416 g/mol. The van der Waals surface area contributed by atoms with Crippen LogP contribution in [-0.4, -0.2) is 23.0 Å². The Kier molecular flexibility index (Phi) is 5.62. The summed E-state index contributed by atoms with van der Waals surface area (Å²) in [5.74, 6) is -1.96. The molecule has 0 unspecified atom stereocenters. The number of carbonyl (C=O) groups is 1. The first-order chi connectivity index (χ1) is 14.0. The molecule has 2 N–H and O–H groups in total. The van der Waals surface area contributed by atoms with Crippen molar-refractivity contribution >= 4 is 34.1 Å². The van der Waals surface area contributed by atoms with Gasteiger partial charge in [-0.3, -0.25) is 9.78 Å². The Morgan fingerprint density at radius 1 is 0.966 bits per heavy atom. The number of pyridine rings is 1. The zero-order valence-corrected chi connectivity index (χ0v) is 16.3.